The van der Waals surface area contributed by atoms with Gasteiger partial charge in [0.1, 0.15) is 30.1 Å². The van der Waals surface area contributed by atoms with Gasteiger partial charge in [0.05, 0.1) is 17.3 Å². The molecular formula is C18H21BrFN3O2S. The second-order valence-corrected chi connectivity index (χ2v) is 7.59. The van der Waals surface area contributed by atoms with Crippen LogP contribution in [-0.4, -0.2) is 41.1 Å². The quantitative estimate of drug-likeness (QED) is 0.284. The van der Waals surface area contributed by atoms with E-state index in [2.05, 4.69) is 31.4 Å². The van der Waals surface area contributed by atoms with E-state index in [0.29, 0.717) is 10.7 Å². The van der Waals surface area contributed by atoms with Crippen molar-refractivity contribution in [3.8, 4) is 5.75 Å². The number of pyridine rings is 1. The number of fused-ring (bicyclic) bond motifs is 1. The Labute approximate surface area is 166 Å². The summed E-state index contributed by atoms with van der Waals surface area (Å²) in [5, 5.41) is 7.87. The van der Waals surface area contributed by atoms with E-state index in [1.54, 1.807) is 12.4 Å². The normalized spacial score (nSPS) is 13.0. The first-order valence-electron chi connectivity index (χ1n) is 8.07. The summed E-state index contributed by atoms with van der Waals surface area (Å²) < 4.78 is 18.8. The van der Waals surface area contributed by atoms with Crippen molar-refractivity contribution in [3.05, 3.63) is 34.9 Å². The van der Waals surface area contributed by atoms with E-state index >= 15 is 0 Å². The third kappa shape index (κ3) is 6.17. The van der Waals surface area contributed by atoms with Crippen LogP contribution < -0.4 is 10.1 Å². The van der Waals surface area contributed by atoms with Crippen LogP contribution in [0, 0.1) is 0 Å². The lowest BCUT2D eigenvalue weighted by Crippen LogP contribution is -2.48. The van der Waals surface area contributed by atoms with Crippen LogP contribution in [0.25, 0.3) is 10.9 Å². The standard InChI is InChI=1S/C18H21BrFN3O2S/c1-12(17(26)23-18(2,3)11-22-24-7-6-20)25-15-4-5-16-13(9-15)8-14(19)10-21-16/h4-5,8-12H,6-7H2,1-3H3,(H,23,26). The molecule has 0 bridgehead atoms. The Hall–Kier alpha value is -1.80. The lowest BCUT2D eigenvalue weighted by atomic mass is 10.1. The van der Waals surface area contributed by atoms with Crippen molar-refractivity contribution in [1.29, 1.82) is 0 Å². The van der Waals surface area contributed by atoms with E-state index in [0.717, 1.165) is 15.4 Å². The molecule has 1 N–H and O–H groups in total. The molecule has 5 nitrogen and oxygen atoms in total. The van der Waals surface area contributed by atoms with E-state index in [1.807, 2.05) is 45.0 Å². The molecule has 0 radical (unpaired) electrons. The first kappa shape index (κ1) is 20.5. The number of thiocarbonyl (C=S) groups is 1. The monoisotopic (exact) mass is 441 g/mol. The van der Waals surface area contributed by atoms with Gasteiger partial charge in [-0.05, 0) is 61.0 Å². The van der Waals surface area contributed by atoms with E-state index in [4.69, 9.17) is 21.8 Å². The van der Waals surface area contributed by atoms with Gasteiger partial charge in [0.15, 0.2) is 0 Å². The molecule has 1 atom stereocenters. The average molecular weight is 442 g/mol. The summed E-state index contributed by atoms with van der Waals surface area (Å²) in [4.78, 5) is 9.64. The van der Waals surface area contributed by atoms with Gasteiger partial charge in [-0.1, -0.05) is 17.4 Å². The van der Waals surface area contributed by atoms with E-state index < -0.39 is 12.2 Å². The van der Waals surface area contributed by atoms with Crippen molar-refractivity contribution < 1.29 is 14.0 Å². The number of hydrogen-bond acceptors (Lipinski definition) is 5. The van der Waals surface area contributed by atoms with E-state index in [-0.39, 0.29) is 12.7 Å². The van der Waals surface area contributed by atoms with Crippen LogP contribution in [0.4, 0.5) is 4.39 Å². The van der Waals surface area contributed by atoms with Crippen molar-refractivity contribution in [2.45, 2.75) is 32.4 Å². The minimum absolute atomic E-state index is 0.0660. The Balaban J connectivity index is 1.99. The molecule has 1 heterocycles. The molecule has 1 unspecified atom stereocenters. The van der Waals surface area contributed by atoms with Gasteiger partial charge in [0.2, 0.25) is 0 Å². The van der Waals surface area contributed by atoms with Gasteiger partial charge in [-0.15, -0.1) is 0 Å². The fourth-order valence-corrected chi connectivity index (χ4v) is 2.78. The highest BCUT2D eigenvalue weighted by molar-refractivity contribution is 9.10. The first-order chi connectivity index (χ1) is 12.3. The molecule has 0 amide bonds. The number of benzene rings is 1. The second kappa shape index (κ2) is 9.23. The SMILES string of the molecule is CC(Oc1ccc2ncc(Br)cc2c1)C(=S)NC(C)(C)C=NOCCF. The number of aromatic nitrogens is 1. The van der Waals surface area contributed by atoms with Crippen molar-refractivity contribution >= 4 is 50.3 Å². The Morgan fingerprint density at radius 3 is 2.96 bits per heavy atom. The zero-order chi connectivity index (χ0) is 19.2. The molecule has 2 rings (SSSR count). The molecule has 140 valence electrons. The zero-order valence-electron chi connectivity index (χ0n) is 14.8. The largest absolute Gasteiger partial charge is 0.484 e. The second-order valence-electron chi connectivity index (χ2n) is 6.24. The molecule has 1 aromatic carbocycles. The third-order valence-corrected chi connectivity index (χ3v) is 4.23. The molecule has 2 aromatic rings. The van der Waals surface area contributed by atoms with Crippen molar-refractivity contribution in [2.75, 3.05) is 13.3 Å². The number of halogens is 2. The smallest absolute Gasteiger partial charge is 0.146 e. The summed E-state index contributed by atoms with van der Waals surface area (Å²) in [5.41, 5.74) is 0.336. The van der Waals surface area contributed by atoms with Gasteiger partial charge in [-0.2, -0.15) is 0 Å². The van der Waals surface area contributed by atoms with Crippen LogP contribution >= 0.6 is 28.1 Å². The van der Waals surface area contributed by atoms with Crippen molar-refractivity contribution in [2.24, 2.45) is 5.16 Å². The molecule has 0 fully saturated rings. The van der Waals surface area contributed by atoms with Gasteiger partial charge in [-0.25, -0.2) is 4.39 Å². The lowest BCUT2D eigenvalue weighted by molar-refractivity contribution is 0.127. The van der Waals surface area contributed by atoms with Crippen molar-refractivity contribution in [1.82, 2.24) is 10.3 Å². The topological polar surface area (TPSA) is 55.7 Å². The summed E-state index contributed by atoms with van der Waals surface area (Å²) in [6, 6.07) is 7.66. The summed E-state index contributed by atoms with van der Waals surface area (Å²) in [7, 11) is 0. The van der Waals surface area contributed by atoms with Crippen LogP contribution in [-0.2, 0) is 4.84 Å². The van der Waals surface area contributed by atoms with Gasteiger partial charge >= 0.3 is 0 Å². The fraction of sp³-hybridized carbons (Fsp3) is 0.389. The number of nitrogens with zero attached hydrogens (tertiary/aromatic N) is 2. The number of nitrogens with one attached hydrogen (secondary N) is 1. The fourth-order valence-electron chi connectivity index (χ4n) is 2.12. The summed E-state index contributed by atoms with van der Waals surface area (Å²) >= 11 is 8.84. The molecule has 0 spiro atoms. The Morgan fingerprint density at radius 2 is 2.23 bits per heavy atom. The maximum absolute atomic E-state index is 12.0. The van der Waals surface area contributed by atoms with Crippen LogP contribution in [0.2, 0.25) is 0 Å². The van der Waals surface area contributed by atoms with Crippen LogP contribution in [0.3, 0.4) is 0 Å². The molecule has 0 saturated carbocycles. The number of rotatable bonds is 8. The number of alkyl halides is 1. The van der Waals surface area contributed by atoms with Crippen LogP contribution in [0.15, 0.2) is 40.1 Å². The number of oxime groups is 1. The first-order valence-corrected chi connectivity index (χ1v) is 9.27. The number of hydrogen-bond donors (Lipinski definition) is 1. The predicted molar refractivity (Wildman–Crippen MR) is 110 cm³/mol. The average Bonchev–Trinajstić information content (AvgIpc) is 2.58. The molecule has 26 heavy (non-hydrogen) atoms. The molecule has 0 saturated heterocycles. The lowest BCUT2D eigenvalue weighted by Gasteiger charge is -2.26. The van der Waals surface area contributed by atoms with E-state index in [1.165, 1.54) is 0 Å². The zero-order valence-corrected chi connectivity index (χ0v) is 17.2. The molecule has 0 aliphatic carbocycles. The van der Waals surface area contributed by atoms with Gasteiger partial charge < -0.3 is 14.9 Å². The van der Waals surface area contributed by atoms with Crippen LogP contribution in [0.1, 0.15) is 20.8 Å². The molecule has 0 aliphatic heterocycles. The Bertz CT molecular complexity index is 801. The Morgan fingerprint density at radius 1 is 1.46 bits per heavy atom. The van der Waals surface area contributed by atoms with Gasteiger partial charge in [0.25, 0.3) is 0 Å². The van der Waals surface area contributed by atoms with Gasteiger partial charge in [0, 0.05) is 16.1 Å². The van der Waals surface area contributed by atoms with Gasteiger partial charge in [-0.3, -0.25) is 4.98 Å². The molecular weight excluding hydrogens is 421 g/mol. The highest BCUT2D eigenvalue weighted by atomic mass is 79.9. The Kier molecular flexibility index (Phi) is 7.28. The maximum Gasteiger partial charge on any atom is 0.146 e. The highest BCUT2D eigenvalue weighted by Gasteiger charge is 2.20. The summed E-state index contributed by atoms with van der Waals surface area (Å²) in [6.45, 7) is 4.99. The van der Waals surface area contributed by atoms with Crippen molar-refractivity contribution in [3.63, 3.8) is 0 Å². The highest BCUT2D eigenvalue weighted by Crippen LogP contribution is 2.23. The third-order valence-electron chi connectivity index (χ3n) is 3.37. The number of ether oxygens (including phenoxy) is 1. The molecule has 8 heteroatoms. The summed E-state index contributed by atoms with van der Waals surface area (Å²) in [6.07, 6.45) is 2.95. The minimum atomic E-state index is -0.577. The molecule has 1 aromatic heterocycles. The summed E-state index contributed by atoms with van der Waals surface area (Å²) in [5.74, 6) is 0.701. The maximum atomic E-state index is 12.0. The minimum Gasteiger partial charge on any atom is -0.484 e. The van der Waals surface area contributed by atoms with E-state index in [9.17, 15) is 4.39 Å². The molecule has 0 aliphatic rings. The van der Waals surface area contributed by atoms with Crippen LogP contribution in [0.5, 0.6) is 5.75 Å². The predicted octanol–water partition coefficient (Wildman–Crippen LogP) is 4.43.